The summed E-state index contributed by atoms with van der Waals surface area (Å²) < 4.78 is 0. The second-order valence-electron chi connectivity index (χ2n) is 5.23. The van der Waals surface area contributed by atoms with Crippen LogP contribution in [-0.2, 0) is 0 Å². The second kappa shape index (κ2) is 6.46. The van der Waals surface area contributed by atoms with E-state index in [1.807, 2.05) is 0 Å². The maximum atomic E-state index is 9.39. The van der Waals surface area contributed by atoms with E-state index in [9.17, 15) is 5.11 Å². The maximum absolute atomic E-state index is 9.39. The number of hydrogen-bond donors (Lipinski definition) is 3. The van der Waals surface area contributed by atoms with Gasteiger partial charge in [0.1, 0.15) is 0 Å². The predicted molar refractivity (Wildman–Crippen MR) is 63.6 cm³/mol. The summed E-state index contributed by atoms with van der Waals surface area (Å²) in [6.07, 6.45) is 3.08. The summed E-state index contributed by atoms with van der Waals surface area (Å²) in [6.45, 7) is 7.26. The first-order chi connectivity index (χ1) is 7.13. The van der Waals surface area contributed by atoms with Crippen molar-refractivity contribution in [2.75, 3.05) is 19.6 Å². The smallest absolute Gasteiger partial charge is 0.0543 e. The molecule has 0 aromatic heterocycles. The van der Waals surface area contributed by atoms with Crippen LogP contribution in [0.3, 0.4) is 0 Å². The summed E-state index contributed by atoms with van der Waals surface area (Å²) in [7, 11) is 0. The van der Waals surface area contributed by atoms with Crippen molar-refractivity contribution >= 4 is 0 Å². The van der Waals surface area contributed by atoms with E-state index in [-0.39, 0.29) is 6.10 Å². The van der Waals surface area contributed by atoms with Gasteiger partial charge in [-0.1, -0.05) is 13.8 Å². The Bertz CT molecular complexity index is 173. The molecule has 0 aromatic carbocycles. The molecule has 3 atom stereocenters. The molecule has 3 heteroatoms. The first kappa shape index (κ1) is 12.9. The number of aliphatic hydroxyl groups is 1. The van der Waals surface area contributed by atoms with Crippen LogP contribution in [0, 0.1) is 17.8 Å². The molecule has 3 unspecified atom stereocenters. The first-order valence-corrected chi connectivity index (χ1v) is 6.22. The first-order valence-electron chi connectivity index (χ1n) is 6.22. The summed E-state index contributed by atoms with van der Waals surface area (Å²) in [5.41, 5.74) is 5.71. The Morgan fingerprint density at radius 1 is 1.40 bits per heavy atom. The lowest BCUT2D eigenvalue weighted by atomic mass is 9.96. The van der Waals surface area contributed by atoms with Crippen molar-refractivity contribution in [3.63, 3.8) is 0 Å². The molecule has 0 heterocycles. The topological polar surface area (TPSA) is 58.3 Å². The van der Waals surface area contributed by atoms with Crippen LogP contribution in [0.1, 0.15) is 33.1 Å². The maximum Gasteiger partial charge on any atom is 0.0543 e. The monoisotopic (exact) mass is 214 g/mol. The number of hydrogen-bond acceptors (Lipinski definition) is 3. The Labute approximate surface area is 93.4 Å². The van der Waals surface area contributed by atoms with E-state index in [2.05, 4.69) is 19.2 Å². The molecule has 15 heavy (non-hydrogen) atoms. The molecule has 0 radical (unpaired) electrons. The predicted octanol–water partition coefficient (Wildman–Crippen LogP) is 0.968. The number of aliphatic hydroxyl groups excluding tert-OH is 1. The van der Waals surface area contributed by atoms with E-state index in [0.717, 1.165) is 32.5 Å². The molecule has 0 amide bonds. The van der Waals surface area contributed by atoms with Gasteiger partial charge in [0, 0.05) is 0 Å². The minimum Gasteiger partial charge on any atom is -0.393 e. The van der Waals surface area contributed by atoms with E-state index in [0.29, 0.717) is 17.8 Å². The SMILES string of the molecule is CC(C)C(CN)CNCC1CCC(O)C1. The Kier molecular flexibility index (Phi) is 5.58. The number of rotatable bonds is 6. The molecular weight excluding hydrogens is 188 g/mol. The van der Waals surface area contributed by atoms with Crippen molar-refractivity contribution in [3.8, 4) is 0 Å². The van der Waals surface area contributed by atoms with E-state index in [1.165, 1.54) is 6.42 Å². The third kappa shape index (κ3) is 4.49. The van der Waals surface area contributed by atoms with Crippen LogP contribution in [0.4, 0.5) is 0 Å². The highest BCUT2D eigenvalue weighted by Gasteiger charge is 2.22. The normalized spacial score (nSPS) is 28.6. The largest absolute Gasteiger partial charge is 0.393 e. The van der Waals surface area contributed by atoms with Gasteiger partial charge in [0.2, 0.25) is 0 Å². The van der Waals surface area contributed by atoms with Crippen LogP contribution in [0.25, 0.3) is 0 Å². The highest BCUT2D eigenvalue weighted by atomic mass is 16.3. The summed E-state index contributed by atoms with van der Waals surface area (Å²) in [5.74, 6) is 1.90. The van der Waals surface area contributed by atoms with Gasteiger partial charge in [-0.05, 0) is 56.7 Å². The third-order valence-corrected chi connectivity index (χ3v) is 3.60. The molecule has 0 spiro atoms. The summed E-state index contributed by atoms with van der Waals surface area (Å²) >= 11 is 0. The zero-order chi connectivity index (χ0) is 11.3. The molecule has 0 aromatic rings. The third-order valence-electron chi connectivity index (χ3n) is 3.60. The van der Waals surface area contributed by atoms with E-state index < -0.39 is 0 Å². The molecule has 1 rings (SSSR count). The van der Waals surface area contributed by atoms with Crippen molar-refractivity contribution < 1.29 is 5.11 Å². The van der Waals surface area contributed by atoms with E-state index >= 15 is 0 Å². The van der Waals surface area contributed by atoms with Gasteiger partial charge in [-0.2, -0.15) is 0 Å². The quantitative estimate of drug-likeness (QED) is 0.617. The van der Waals surface area contributed by atoms with Crippen molar-refractivity contribution in [1.82, 2.24) is 5.32 Å². The van der Waals surface area contributed by atoms with Crippen LogP contribution in [-0.4, -0.2) is 30.8 Å². The molecule has 4 N–H and O–H groups in total. The van der Waals surface area contributed by atoms with Gasteiger partial charge in [0.15, 0.2) is 0 Å². The van der Waals surface area contributed by atoms with Crippen molar-refractivity contribution in [1.29, 1.82) is 0 Å². The molecule has 0 aliphatic heterocycles. The minimum absolute atomic E-state index is 0.0489. The lowest BCUT2D eigenvalue weighted by Crippen LogP contribution is -2.34. The standard InChI is InChI=1S/C12H26N2O/c1-9(2)11(6-13)8-14-7-10-3-4-12(15)5-10/h9-12,14-15H,3-8,13H2,1-2H3. The molecule has 1 aliphatic carbocycles. The van der Waals surface area contributed by atoms with Gasteiger partial charge in [-0.3, -0.25) is 0 Å². The van der Waals surface area contributed by atoms with Crippen molar-refractivity contribution in [2.45, 2.75) is 39.2 Å². The molecule has 90 valence electrons. The summed E-state index contributed by atoms with van der Waals surface area (Å²) in [5, 5.41) is 12.9. The number of nitrogens with one attached hydrogen (secondary N) is 1. The van der Waals surface area contributed by atoms with Gasteiger partial charge >= 0.3 is 0 Å². The average molecular weight is 214 g/mol. The Morgan fingerprint density at radius 3 is 2.60 bits per heavy atom. The number of nitrogens with two attached hydrogens (primary N) is 1. The van der Waals surface area contributed by atoms with Gasteiger partial charge < -0.3 is 16.2 Å². The van der Waals surface area contributed by atoms with Crippen LogP contribution in [0.2, 0.25) is 0 Å². The van der Waals surface area contributed by atoms with Gasteiger partial charge in [-0.25, -0.2) is 0 Å². The fraction of sp³-hybridized carbons (Fsp3) is 1.00. The Balaban J connectivity index is 2.10. The van der Waals surface area contributed by atoms with Crippen LogP contribution >= 0.6 is 0 Å². The van der Waals surface area contributed by atoms with Gasteiger partial charge in [-0.15, -0.1) is 0 Å². The average Bonchev–Trinajstić information content (AvgIpc) is 2.58. The second-order valence-corrected chi connectivity index (χ2v) is 5.23. The summed E-state index contributed by atoms with van der Waals surface area (Å²) in [6, 6.07) is 0. The van der Waals surface area contributed by atoms with Crippen molar-refractivity contribution in [2.24, 2.45) is 23.5 Å². The van der Waals surface area contributed by atoms with Gasteiger partial charge in [0.05, 0.1) is 6.10 Å². The van der Waals surface area contributed by atoms with E-state index in [1.54, 1.807) is 0 Å². The van der Waals surface area contributed by atoms with Gasteiger partial charge in [0.25, 0.3) is 0 Å². The minimum atomic E-state index is -0.0489. The molecule has 1 aliphatic rings. The van der Waals surface area contributed by atoms with E-state index in [4.69, 9.17) is 5.73 Å². The molecular formula is C12H26N2O. The lowest BCUT2D eigenvalue weighted by Gasteiger charge is -2.20. The fourth-order valence-electron chi connectivity index (χ4n) is 2.30. The van der Waals surface area contributed by atoms with Crippen molar-refractivity contribution in [3.05, 3.63) is 0 Å². The molecule has 1 fully saturated rings. The fourth-order valence-corrected chi connectivity index (χ4v) is 2.30. The highest BCUT2D eigenvalue weighted by molar-refractivity contribution is 4.77. The highest BCUT2D eigenvalue weighted by Crippen LogP contribution is 2.24. The Morgan fingerprint density at radius 2 is 2.13 bits per heavy atom. The van der Waals surface area contributed by atoms with Crippen LogP contribution in [0.5, 0.6) is 0 Å². The van der Waals surface area contributed by atoms with Crippen LogP contribution < -0.4 is 11.1 Å². The molecule has 0 saturated heterocycles. The lowest BCUT2D eigenvalue weighted by molar-refractivity contribution is 0.177. The summed E-state index contributed by atoms with van der Waals surface area (Å²) in [4.78, 5) is 0. The zero-order valence-electron chi connectivity index (χ0n) is 10.1. The zero-order valence-corrected chi connectivity index (χ0v) is 10.1. The molecule has 3 nitrogen and oxygen atoms in total. The molecule has 1 saturated carbocycles. The van der Waals surface area contributed by atoms with Crippen LogP contribution in [0.15, 0.2) is 0 Å². The molecule has 0 bridgehead atoms. The Hall–Kier alpha value is -0.120.